The van der Waals surface area contributed by atoms with Crippen LogP contribution in [-0.2, 0) is 19.1 Å². The molecule has 0 saturated carbocycles. The molecule has 0 bridgehead atoms. The number of carboxylic acid groups (broad SMARTS) is 1. The van der Waals surface area contributed by atoms with Crippen molar-refractivity contribution in [2.24, 2.45) is 5.73 Å². The van der Waals surface area contributed by atoms with Crippen LogP contribution in [0.1, 0.15) is 6.92 Å². The summed E-state index contributed by atoms with van der Waals surface area (Å²) in [5.74, 6) is -1.88. The van der Waals surface area contributed by atoms with E-state index in [1.165, 1.54) is 6.92 Å². The van der Waals surface area contributed by atoms with E-state index in [0.717, 1.165) is 0 Å². The molecule has 7 nitrogen and oxygen atoms in total. The van der Waals surface area contributed by atoms with E-state index in [9.17, 15) is 14.4 Å². The molecule has 0 amide bonds. The Bertz CT molecular complexity index is 261. The minimum absolute atomic E-state index is 0. The van der Waals surface area contributed by atoms with Gasteiger partial charge in [-0.3, -0.25) is 9.59 Å². The standard InChI is InChI=1S/C7H11NO6S.ClH/c1-4(9)13-3-14-7(12)15-2-5(8)6(10)11;/h5H,2-3,8H2,1H3,(H,10,11);1H. The smallest absolute Gasteiger partial charge is 0.370 e. The van der Waals surface area contributed by atoms with Crippen LogP contribution in [0, 0.1) is 0 Å². The Morgan fingerprint density at radius 1 is 1.38 bits per heavy atom. The van der Waals surface area contributed by atoms with Crippen molar-refractivity contribution in [3.05, 3.63) is 0 Å². The highest BCUT2D eigenvalue weighted by molar-refractivity contribution is 8.13. The van der Waals surface area contributed by atoms with Crippen LogP contribution in [0.5, 0.6) is 0 Å². The minimum atomic E-state index is -1.20. The molecule has 0 aliphatic heterocycles. The molecular formula is C7H12ClNO6S. The molecule has 0 aromatic carbocycles. The largest absolute Gasteiger partial charge is 0.480 e. The summed E-state index contributed by atoms with van der Waals surface area (Å²) >= 11 is 0.606. The number of aliphatic carboxylic acids is 1. The molecule has 16 heavy (non-hydrogen) atoms. The predicted molar refractivity (Wildman–Crippen MR) is 58.4 cm³/mol. The molecule has 0 rings (SSSR count). The molecule has 0 aliphatic rings. The van der Waals surface area contributed by atoms with Crippen molar-refractivity contribution in [1.29, 1.82) is 0 Å². The van der Waals surface area contributed by atoms with Crippen LogP contribution in [0.25, 0.3) is 0 Å². The first kappa shape index (κ1) is 17.4. The number of thioether (sulfide) groups is 1. The quantitative estimate of drug-likeness (QED) is 0.539. The number of rotatable bonds is 5. The molecule has 9 heteroatoms. The minimum Gasteiger partial charge on any atom is -0.480 e. The van der Waals surface area contributed by atoms with Gasteiger partial charge in [0.25, 0.3) is 0 Å². The molecule has 94 valence electrons. The van der Waals surface area contributed by atoms with Crippen LogP contribution in [0.15, 0.2) is 0 Å². The zero-order chi connectivity index (χ0) is 11.8. The summed E-state index contributed by atoms with van der Waals surface area (Å²) in [4.78, 5) is 31.4. The molecule has 0 heterocycles. The Morgan fingerprint density at radius 2 is 1.94 bits per heavy atom. The van der Waals surface area contributed by atoms with Gasteiger partial charge < -0.3 is 20.3 Å². The van der Waals surface area contributed by atoms with Crippen molar-refractivity contribution < 1.29 is 29.0 Å². The van der Waals surface area contributed by atoms with Gasteiger partial charge in [-0.2, -0.15) is 0 Å². The van der Waals surface area contributed by atoms with Crippen LogP contribution in [0.4, 0.5) is 4.79 Å². The van der Waals surface area contributed by atoms with E-state index in [4.69, 9.17) is 10.8 Å². The van der Waals surface area contributed by atoms with Crippen LogP contribution >= 0.6 is 24.2 Å². The highest BCUT2D eigenvalue weighted by atomic mass is 35.5. The Hall–Kier alpha value is -0.990. The fourth-order valence-corrected chi connectivity index (χ4v) is 1.02. The fourth-order valence-electron chi connectivity index (χ4n) is 0.431. The van der Waals surface area contributed by atoms with Crippen molar-refractivity contribution >= 4 is 41.4 Å². The molecule has 0 spiro atoms. The number of hydrogen-bond donors (Lipinski definition) is 2. The van der Waals surface area contributed by atoms with Crippen LogP contribution in [0.3, 0.4) is 0 Å². The van der Waals surface area contributed by atoms with E-state index in [1.807, 2.05) is 0 Å². The Kier molecular flexibility index (Phi) is 10.1. The normalized spacial score (nSPS) is 10.9. The van der Waals surface area contributed by atoms with Crippen LogP contribution in [-0.4, -0.2) is 40.9 Å². The lowest BCUT2D eigenvalue weighted by Crippen LogP contribution is -2.33. The summed E-state index contributed by atoms with van der Waals surface area (Å²) in [7, 11) is 0. The second-order valence-electron chi connectivity index (χ2n) is 2.40. The van der Waals surface area contributed by atoms with E-state index in [2.05, 4.69) is 9.47 Å². The Morgan fingerprint density at radius 3 is 2.38 bits per heavy atom. The third-order valence-corrected chi connectivity index (χ3v) is 2.02. The molecule has 0 fully saturated rings. The van der Waals surface area contributed by atoms with Gasteiger partial charge in [-0.05, 0) is 11.8 Å². The summed E-state index contributed by atoms with van der Waals surface area (Å²) in [5.41, 5.74) is 5.13. The number of carbonyl (C=O) groups excluding carboxylic acids is 2. The number of halogens is 1. The monoisotopic (exact) mass is 273 g/mol. The molecule has 0 aromatic heterocycles. The number of carbonyl (C=O) groups is 3. The maximum absolute atomic E-state index is 10.9. The number of nitrogens with two attached hydrogens (primary N) is 1. The molecule has 3 N–H and O–H groups in total. The number of esters is 1. The number of ether oxygens (including phenoxy) is 2. The van der Waals surface area contributed by atoms with Crippen molar-refractivity contribution in [1.82, 2.24) is 0 Å². The third-order valence-electron chi connectivity index (χ3n) is 1.14. The number of carboxylic acids is 1. The number of hydrogen-bond acceptors (Lipinski definition) is 7. The molecular weight excluding hydrogens is 262 g/mol. The first-order valence-electron chi connectivity index (χ1n) is 3.84. The van der Waals surface area contributed by atoms with E-state index < -0.39 is 30.1 Å². The summed E-state index contributed by atoms with van der Waals surface area (Å²) < 4.78 is 8.74. The maximum atomic E-state index is 10.9. The van der Waals surface area contributed by atoms with Crippen molar-refractivity contribution in [3.8, 4) is 0 Å². The highest BCUT2D eigenvalue weighted by Crippen LogP contribution is 2.06. The lowest BCUT2D eigenvalue weighted by Gasteiger charge is -2.05. The zero-order valence-electron chi connectivity index (χ0n) is 8.37. The topological polar surface area (TPSA) is 116 Å². The van der Waals surface area contributed by atoms with E-state index in [1.54, 1.807) is 0 Å². The van der Waals surface area contributed by atoms with Crippen molar-refractivity contribution in [2.75, 3.05) is 12.5 Å². The average Bonchev–Trinajstić information content (AvgIpc) is 2.13. The Labute approximate surface area is 102 Å². The van der Waals surface area contributed by atoms with Crippen LogP contribution < -0.4 is 5.73 Å². The van der Waals surface area contributed by atoms with Gasteiger partial charge >= 0.3 is 17.2 Å². The van der Waals surface area contributed by atoms with Gasteiger partial charge in [-0.15, -0.1) is 12.4 Å². The Balaban J connectivity index is 0. The van der Waals surface area contributed by atoms with Gasteiger partial charge in [0.2, 0.25) is 6.79 Å². The second kappa shape index (κ2) is 9.25. The average molecular weight is 274 g/mol. The SMILES string of the molecule is CC(=O)OCOC(=O)SCC(N)C(=O)O.Cl. The van der Waals surface area contributed by atoms with Gasteiger partial charge in [0.15, 0.2) is 0 Å². The summed E-state index contributed by atoms with van der Waals surface area (Å²) in [6, 6.07) is -1.13. The van der Waals surface area contributed by atoms with Gasteiger partial charge in [-0.25, -0.2) is 4.79 Å². The molecule has 1 unspecified atom stereocenters. The molecule has 0 radical (unpaired) electrons. The van der Waals surface area contributed by atoms with Crippen LogP contribution in [0.2, 0.25) is 0 Å². The summed E-state index contributed by atoms with van der Waals surface area (Å²) in [6.07, 6.45) is 0. The molecule has 0 aliphatic carbocycles. The van der Waals surface area contributed by atoms with Gasteiger partial charge in [-0.1, -0.05) is 0 Å². The van der Waals surface area contributed by atoms with Crippen molar-refractivity contribution in [3.63, 3.8) is 0 Å². The van der Waals surface area contributed by atoms with Gasteiger partial charge in [0, 0.05) is 12.7 Å². The van der Waals surface area contributed by atoms with Gasteiger partial charge in [0.1, 0.15) is 6.04 Å². The van der Waals surface area contributed by atoms with E-state index in [-0.39, 0.29) is 18.2 Å². The first-order chi connectivity index (χ1) is 6.93. The van der Waals surface area contributed by atoms with Crippen molar-refractivity contribution in [2.45, 2.75) is 13.0 Å². The fraction of sp³-hybridized carbons (Fsp3) is 0.571. The predicted octanol–water partition coefficient (Wildman–Crippen LogP) is 0.211. The molecule has 0 aromatic rings. The molecule has 1 atom stereocenters. The summed E-state index contributed by atoms with van der Waals surface area (Å²) in [5, 5.41) is 7.64. The maximum Gasteiger partial charge on any atom is 0.370 e. The first-order valence-corrected chi connectivity index (χ1v) is 4.83. The highest BCUT2D eigenvalue weighted by Gasteiger charge is 2.14. The second-order valence-corrected chi connectivity index (χ2v) is 3.36. The zero-order valence-corrected chi connectivity index (χ0v) is 10.0. The third kappa shape index (κ3) is 9.56. The van der Waals surface area contributed by atoms with E-state index >= 15 is 0 Å². The molecule has 0 saturated heterocycles. The summed E-state index contributed by atoms with van der Waals surface area (Å²) in [6.45, 7) is 0.685. The van der Waals surface area contributed by atoms with E-state index in [0.29, 0.717) is 11.8 Å². The van der Waals surface area contributed by atoms with Gasteiger partial charge in [0.05, 0.1) is 0 Å². The lowest BCUT2D eigenvalue weighted by molar-refractivity contribution is -0.148. The lowest BCUT2D eigenvalue weighted by atomic mass is 10.4.